The Morgan fingerprint density at radius 3 is 2.45 bits per heavy atom. The fourth-order valence-corrected chi connectivity index (χ4v) is 5.50. The molecule has 0 unspecified atom stereocenters. The van der Waals surface area contributed by atoms with E-state index in [1.165, 1.54) is 19.1 Å². The number of allylic oxidation sites excluding steroid dienone is 4. The molecule has 0 bridgehead atoms. The number of carbonyl (C=O) groups is 2. The highest BCUT2D eigenvalue weighted by atomic mass is 32.2. The number of nitrogens with one attached hydrogen (secondary N) is 2. The van der Waals surface area contributed by atoms with Crippen molar-refractivity contribution < 1.29 is 22.7 Å². The van der Waals surface area contributed by atoms with Gasteiger partial charge in [0, 0.05) is 19.2 Å². The van der Waals surface area contributed by atoms with Crippen molar-refractivity contribution in [3.8, 4) is 11.1 Å². The Balaban J connectivity index is 1.60. The lowest BCUT2D eigenvalue weighted by Gasteiger charge is -2.40. The summed E-state index contributed by atoms with van der Waals surface area (Å²) in [4.78, 5) is 31.1. The van der Waals surface area contributed by atoms with Gasteiger partial charge in [-0.2, -0.15) is 0 Å². The van der Waals surface area contributed by atoms with E-state index in [2.05, 4.69) is 10.3 Å². The predicted octanol–water partition coefficient (Wildman–Crippen LogP) is 4.87. The van der Waals surface area contributed by atoms with Crippen molar-refractivity contribution in [2.24, 2.45) is 0 Å². The molecule has 1 atom stereocenters. The summed E-state index contributed by atoms with van der Waals surface area (Å²) in [5.41, 5.74) is 6.35. The van der Waals surface area contributed by atoms with E-state index in [0.717, 1.165) is 36.1 Å². The van der Waals surface area contributed by atoms with Crippen molar-refractivity contribution in [1.82, 2.24) is 10.3 Å². The number of nitrogens with zero attached hydrogens (tertiary/aromatic N) is 2. The minimum Gasteiger partial charge on any atom is -0.446 e. The summed E-state index contributed by atoms with van der Waals surface area (Å²) in [5, 5.41) is 0. The number of ether oxygens (including phenoxy) is 1. The first-order valence-corrected chi connectivity index (χ1v) is 14.2. The molecule has 0 fully saturated rings. The SMILES string of the molecule is CC(=O)N1c2ccc(-c3ccc(S(=O)(=O)NNC4=CC=CCCC4)cc3)cc2N(C(=O)OC(C)C)C[C@@H]1C. The number of benzene rings is 2. The summed E-state index contributed by atoms with van der Waals surface area (Å²) in [6.07, 6.45) is 7.72. The van der Waals surface area contributed by atoms with Crippen LogP contribution in [0.5, 0.6) is 0 Å². The monoisotopic (exact) mass is 538 g/mol. The van der Waals surface area contributed by atoms with Gasteiger partial charge in [0.2, 0.25) is 5.91 Å². The zero-order valence-electron chi connectivity index (χ0n) is 22.1. The summed E-state index contributed by atoms with van der Waals surface area (Å²) < 4.78 is 31.1. The molecule has 4 rings (SSSR count). The van der Waals surface area contributed by atoms with Crippen molar-refractivity contribution in [3.05, 3.63) is 66.4 Å². The highest BCUT2D eigenvalue weighted by Gasteiger charge is 2.34. The molecule has 1 aliphatic heterocycles. The first kappa shape index (κ1) is 27.4. The maximum atomic E-state index is 12.9. The van der Waals surface area contributed by atoms with Crippen LogP contribution in [-0.4, -0.2) is 39.1 Å². The van der Waals surface area contributed by atoms with Gasteiger partial charge in [0.25, 0.3) is 10.0 Å². The van der Waals surface area contributed by atoms with Crippen LogP contribution in [0.2, 0.25) is 0 Å². The second kappa shape index (κ2) is 11.4. The molecule has 0 aromatic heterocycles. The molecule has 10 heteroatoms. The summed E-state index contributed by atoms with van der Waals surface area (Å²) in [6, 6.07) is 11.8. The number of hydrazine groups is 1. The third kappa shape index (κ3) is 6.08. The summed E-state index contributed by atoms with van der Waals surface area (Å²) in [7, 11) is -3.78. The fraction of sp³-hybridized carbons (Fsp3) is 0.357. The average molecular weight is 539 g/mol. The Hall–Kier alpha value is -3.63. The molecule has 0 saturated carbocycles. The maximum absolute atomic E-state index is 12.9. The normalized spacial score (nSPS) is 17.5. The first-order valence-electron chi connectivity index (χ1n) is 12.7. The van der Waals surface area contributed by atoms with Gasteiger partial charge >= 0.3 is 6.09 Å². The smallest absolute Gasteiger partial charge is 0.414 e. The van der Waals surface area contributed by atoms with E-state index in [-0.39, 0.29) is 22.9 Å². The van der Waals surface area contributed by atoms with Crippen LogP contribution < -0.4 is 20.1 Å². The van der Waals surface area contributed by atoms with E-state index in [1.54, 1.807) is 35.8 Å². The summed E-state index contributed by atoms with van der Waals surface area (Å²) in [5.74, 6) is -0.116. The van der Waals surface area contributed by atoms with Crippen molar-refractivity contribution in [2.45, 2.75) is 64.0 Å². The van der Waals surface area contributed by atoms with Crippen LogP contribution in [0.15, 0.2) is 71.3 Å². The Kier molecular flexibility index (Phi) is 8.23. The number of anilines is 2. The van der Waals surface area contributed by atoms with Gasteiger partial charge in [-0.15, -0.1) is 4.83 Å². The van der Waals surface area contributed by atoms with Crippen LogP contribution in [-0.2, 0) is 19.6 Å². The molecule has 0 saturated heterocycles. The molecular formula is C28H34N4O5S. The molecule has 2 amide bonds. The molecule has 1 heterocycles. The van der Waals surface area contributed by atoms with E-state index in [0.29, 0.717) is 17.9 Å². The molecule has 2 aromatic rings. The lowest BCUT2D eigenvalue weighted by Crippen LogP contribution is -2.51. The van der Waals surface area contributed by atoms with E-state index in [1.807, 2.05) is 43.4 Å². The fourth-order valence-electron chi connectivity index (χ4n) is 4.62. The zero-order valence-corrected chi connectivity index (χ0v) is 22.9. The minimum atomic E-state index is -3.78. The van der Waals surface area contributed by atoms with Crippen molar-refractivity contribution in [1.29, 1.82) is 0 Å². The Bertz CT molecular complexity index is 1370. The van der Waals surface area contributed by atoms with Crippen LogP contribution >= 0.6 is 0 Å². The highest BCUT2D eigenvalue weighted by molar-refractivity contribution is 7.89. The Morgan fingerprint density at radius 2 is 1.76 bits per heavy atom. The molecule has 9 nitrogen and oxygen atoms in total. The number of sulfonamides is 1. The quantitative estimate of drug-likeness (QED) is 0.508. The number of hydrogen-bond acceptors (Lipinski definition) is 6. The second-order valence-corrected chi connectivity index (χ2v) is 11.4. The number of carbonyl (C=O) groups excluding carboxylic acids is 2. The molecule has 0 spiro atoms. The van der Waals surface area contributed by atoms with Gasteiger partial charge < -0.3 is 15.1 Å². The minimum absolute atomic E-state index is 0.116. The molecule has 2 aliphatic rings. The molecular weight excluding hydrogens is 504 g/mol. The molecule has 2 N–H and O–H groups in total. The molecule has 0 radical (unpaired) electrons. The van der Waals surface area contributed by atoms with Crippen molar-refractivity contribution in [3.63, 3.8) is 0 Å². The number of amides is 2. The number of rotatable bonds is 6. The van der Waals surface area contributed by atoms with Gasteiger partial charge in [-0.25, -0.2) is 13.2 Å². The topological polar surface area (TPSA) is 108 Å². The van der Waals surface area contributed by atoms with E-state index in [9.17, 15) is 18.0 Å². The van der Waals surface area contributed by atoms with Crippen LogP contribution in [0.25, 0.3) is 11.1 Å². The highest BCUT2D eigenvalue weighted by Crippen LogP contribution is 2.39. The van der Waals surface area contributed by atoms with Crippen LogP contribution in [0.3, 0.4) is 0 Å². The van der Waals surface area contributed by atoms with Gasteiger partial charge in [-0.3, -0.25) is 9.69 Å². The van der Waals surface area contributed by atoms with Crippen LogP contribution in [0.4, 0.5) is 16.2 Å². The first-order chi connectivity index (χ1) is 18.1. The van der Waals surface area contributed by atoms with Crippen molar-refractivity contribution in [2.75, 3.05) is 16.3 Å². The number of hydrogen-bond donors (Lipinski definition) is 2. The van der Waals surface area contributed by atoms with Gasteiger partial charge in [0.15, 0.2) is 0 Å². The number of fused-ring (bicyclic) bond motifs is 1. The molecule has 38 heavy (non-hydrogen) atoms. The summed E-state index contributed by atoms with van der Waals surface area (Å²) >= 11 is 0. The molecule has 202 valence electrons. The second-order valence-electron chi connectivity index (χ2n) is 9.75. The zero-order chi connectivity index (χ0) is 27.4. The lowest BCUT2D eigenvalue weighted by molar-refractivity contribution is -0.117. The maximum Gasteiger partial charge on any atom is 0.414 e. The van der Waals surface area contributed by atoms with E-state index in [4.69, 9.17) is 4.74 Å². The third-order valence-electron chi connectivity index (χ3n) is 6.40. The average Bonchev–Trinajstić information content (AvgIpc) is 3.15. The predicted molar refractivity (Wildman–Crippen MR) is 148 cm³/mol. The van der Waals surface area contributed by atoms with E-state index < -0.39 is 16.1 Å². The van der Waals surface area contributed by atoms with Gasteiger partial charge in [-0.1, -0.05) is 30.4 Å². The Labute approximate surface area is 224 Å². The van der Waals surface area contributed by atoms with Crippen molar-refractivity contribution >= 4 is 33.4 Å². The lowest BCUT2D eigenvalue weighted by atomic mass is 10.0. The van der Waals surface area contributed by atoms with Gasteiger partial charge in [-0.05, 0) is 81.5 Å². The molecule has 2 aromatic carbocycles. The Morgan fingerprint density at radius 1 is 1.05 bits per heavy atom. The standard InChI is InChI=1S/C28H34N4O5S/c1-19(2)37-28(34)31-18-20(3)32(21(4)33)26-16-13-23(17-27(26)31)22-11-14-25(15-12-22)38(35,36)30-29-24-9-7-5-6-8-10-24/h5,7,9,11-17,19-20,29-30H,6,8,10,18H2,1-4H3/t20-/m0/s1. The van der Waals surface area contributed by atoms with E-state index >= 15 is 0 Å². The van der Waals surface area contributed by atoms with Crippen LogP contribution in [0.1, 0.15) is 47.0 Å². The third-order valence-corrected chi connectivity index (χ3v) is 7.67. The van der Waals surface area contributed by atoms with Crippen LogP contribution in [0, 0.1) is 0 Å². The van der Waals surface area contributed by atoms with Gasteiger partial charge in [0.05, 0.1) is 28.4 Å². The largest absolute Gasteiger partial charge is 0.446 e. The molecule has 1 aliphatic carbocycles. The van der Waals surface area contributed by atoms with Gasteiger partial charge in [0.1, 0.15) is 0 Å². The summed E-state index contributed by atoms with van der Waals surface area (Å²) in [6.45, 7) is 7.26.